The highest BCUT2D eigenvalue weighted by molar-refractivity contribution is 7.98. The first kappa shape index (κ1) is 16.6. The zero-order chi connectivity index (χ0) is 14.6. The molecule has 1 aromatic carbocycles. The molecule has 1 aromatic rings. The van der Waals surface area contributed by atoms with E-state index in [1.54, 1.807) is 12.2 Å². The van der Waals surface area contributed by atoms with E-state index in [1.165, 1.54) is 25.0 Å². The number of carbonyl (C=O) groups is 1. The molecule has 0 radical (unpaired) electrons. The van der Waals surface area contributed by atoms with Gasteiger partial charge in [0.05, 0.1) is 0 Å². The summed E-state index contributed by atoms with van der Waals surface area (Å²) < 4.78 is 0. The first-order valence-corrected chi connectivity index (χ1v) is 8.42. The van der Waals surface area contributed by atoms with Crippen LogP contribution in [0.1, 0.15) is 31.2 Å². The monoisotopic (exact) mass is 292 g/mol. The molecule has 110 valence electrons. The lowest BCUT2D eigenvalue weighted by atomic mass is 10.2. The molecule has 0 unspecified atom stereocenters. The minimum absolute atomic E-state index is 0.0449. The molecule has 0 saturated carbocycles. The molecule has 0 spiro atoms. The Kier molecular flexibility index (Phi) is 8.63. The first-order valence-electron chi connectivity index (χ1n) is 7.03. The highest BCUT2D eigenvalue weighted by Crippen LogP contribution is 2.08. The summed E-state index contributed by atoms with van der Waals surface area (Å²) in [5, 5.41) is 2.90. The molecule has 0 atom stereocenters. The van der Waals surface area contributed by atoms with Crippen molar-refractivity contribution >= 4 is 29.4 Å². The number of thioether (sulfide) groups is 1. The van der Waals surface area contributed by atoms with Crippen LogP contribution in [0.2, 0.25) is 0 Å². The van der Waals surface area contributed by atoms with Crippen molar-refractivity contribution in [1.29, 1.82) is 0 Å². The molecule has 0 aliphatic rings. The van der Waals surface area contributed by atoms with Crippen molar-refractivity contribution in [3.05, 3.63) is 35.9 Å². The number of anilines is 1. The largest absolute Gasteiger partial charge is 0.399 e. The fourth-order valence-corrected chi connectivity index (χ4v) is 2.32. The normalized spacial score (nSPS) is 10.8. The molecule has 0 saturated heterocycles. The van der Waals surface area contributed by atoms with Gasteiger partial charge in [-0.2, -0.15) is 11.8 Å². The lowest BCUT2D eigenvalue weighted by Crippen LogP contribution is -2.21. The van der Waals surface area contributed by atoms with Crippen molar-refractivity contribution in [3.8, 4) is 0 Å². The summed E-state index contributed by atoms with van der Waals surface area (Å²) in [6.45, 7) is 0.749. The highest BCUT2D eigenvalue weighted by Gasteiger charge is 1.95. The van der Waals surface area contributed by atoms with Gasteiger partial charge in [-0.1, -0.05) is 25.0 Å². The number of rotatable bonds is 9. The van der Waals surface area contributed by atoms with E-state index >= 15 is 0 Å². The maximum atomic E-state index is 11.6. The summed E-state index contributed by atoms with van der Waals surface area (Å²) in [5.74, 6) is 1.19. The maximum Gasteiger partial charge on any atom is 0.243 e. The van der Waals surface area contributed by atoms with Gasteiger partial charge in [0.15, 0.2) is 0 Å². The minimum atomic E-state index is -0.0449. The first-order chi connectivity index (χ1) is 9.72. The summed E-state index contributed by atoms with van der Waals surface area (Å²) in [4.78, 5) is 11.6. The van der Waals surface area contributed by atoms with E-state index in [-0.39, 0.29) is 5.91 Å². The van der Waals surface area contributed by atoms with Crippen LogP contribution in [0.5, 0.6) is 0 Å². The number of hydrogen-bond donors (Lipinski definition) is 2. The summed E-state index contributed by atoms with van der Waals surface area (Å²) in [6, 6.07) is 7.47. The number of hydrogen-bond acceptors (Lipinski definition) is 3. The molecule has 0 bridgehead atoms. The molecule has 0 aromatic heterocycles. The maximum absolute atomic E-state index is 11.6. The molecule has 0 heterocycles. The molecule has 0 aliphatic heterocycles. The number of nitrogens with one attached hydrogen (secondary N) is 1. The standard InChI is InChI=1S/C16H24N2OS/c1-20-12-5-3-2-4-11-18-16(19)10-9-14-7-6-8-15(17)13-14/h6-10,13H,2-5,11-12,17H2,1H3,(H,18,19)/b10-9+. The van der Waals surface area contributed by atoms with Gasteiger partial charge in [-0.15, -0.1) is 0 Å². The predicted octanol–water partition coefficient (Wildman–Crippen LogP) is 3.32. The Hall–Kier alpha value is -1.42. The van der Waals surface area contributed by atoms with Gasteiger partial charge >= 0.3 is 0 Å². The van der Waals surface area contributed by atoms with Crippen LogP contribution in [0, 0.1) is 0 Å². The number of amides is 1. The smallest absolute Gasteiger partial charge is 0.243 e. The zero-order valence-electron chi connectivity index (χ0n) is 12.1. The Bertz CT molecular complexity index is 432. The molecule has 0 fully saturated rings. The van der Waals surface area contributed by atoms with Crippen LogP contribution in [0.4, 0.5) is 5.69 Å². The second kappa shape index (κ2) is 10.4. The third-order valence-corrected chi connectivity index (χ3v) is 3.61. The number of nitrogens with two attached hydrogens (primary N) is 1. The van der Waals surface area contributed by atoms with Crippen LogP contribution in [-0.4, -0.2) is 24.5 Å². The highest BCUT2D eigenvalue weighted by atomic mass is 32.2. The molecule has 3 nitrogen and oxygen atoms in total. The van der Waals surface area contributed by atoms with E-state index < -0.39 is 0 Å². The summed E-state index contributed by atoms with van der Waals surface area (Å²) in [7, 11) is 0. The van der Waals surface area contributed by atoms with Crippen LogP contribution in [0.3, 0.4) is 0 Å². The average molecular weight is 292 g/mol. The fraction of sp³-hybridized carbons (Fsp3) is 0.438. The quantitative estimate of drug-likeness (QED) is 0.417. The third kappa shape index (κ3) is 7.89. The van der Waals surface area contributed by atoms with Gasteiger partial charge in [0.25, 0.3) is 0 Å². The SMILES string of the molecule is CSCCCCCCNC(=O)/C=C/c1cccc(N)c1. The van der Waals surface area contributed by atoms with E-state index in [4.69, 9.17) is 5.73 Å². The zero-order valence-corrected chi connectivity index (χ0v) is 12.9. The minimum Gasteiger partial charge on any atom is -0.399 e. The molecular formula is C16H24N2OS. The summed E-state index contributed by atoms with van der Waals surface area (Å²) in [6.07, 6.45) is 10.2. The van der Waals surface area contributed by atoms with Crippen LogP contribution in [0.25, 0.3) is 6.08 Å². The molecule has 4 heteroatoms. The van der Waals surface area contributed by atoms with E-state index in [0.29, 0.717) is 5.69 Å². The van der Waals surface area contributed by atoms with Crippen LogP contribution < -0.4 is 11.1 Å². The van der Waals surface area contributed by atoms with Crippen molar-refractivity contribution in [2.75, 3.05) is 24.3 Å². The topological polar surface area (TPSA) is 55.1 Å². The Labute approximate surface area is 126 Å². The molecule has 3 N–H and O–H groups in total. The van der Waals surface area contributed by atoms with Crippen molar-refractivity contribution in [2.24, 2.45) is 0 Å². The van der Waals surface area contributed by atoms with Gasteiger partial charge in [-0.25, -0.2) is 0 Å². The van der Waals surface area contributed by atoms with E-state index in [9.17, 15) is 4.79 Å². The Balaban J connectivity index is 2.14. The van der Waals surface area contributed by atoms with Crippen molar-refractivity contribution in [2.45, 2.75) is 25.7 Å². The van der Waals surface area contributed by atoms with Gasteiger partial charge in [0, 0.05) is 18.3 Å². The van der Waals surface area contributed by atoms with E-state index in [2.05, 4.69) is 11.6 Å². The predicted molar refractivity (Wildman–Crippen MR) is 89.7 cm³/mol. The van der Waals surface area contributed by atoms with Crippen molar-refractivity contribution < 1.29 is 4.79 Å². The summed E-state index contributed by atoms with van der Waals surface area (Å²) >= 11 is 1.89. The van der Waals surface area contributed by atoms with Gasteiger partial charge < -0.3 is 11.1 Å². The van der Waals surface area contributed by atoms with Crippen LogP contribution in [0.15, 0.2) is 30.3 Å². The van der Waals surface area contributed by atoms with Gasteiger partial charge in [0.1, 0.15) is 0 Å². The van der Waals surface area contributed by atoms with Crippen LogP contribution in [-0.2, 0) is 4.79 Å². The number of nitrogen functional groups attached to an aromatic ring is 1. The third-order valence-electron chi connectivity index (χ3n) is 2.91. The number of benzene rings is 1. The Morgan fingerprint density at radius 3 is 2.85 bits per heavy atom. The van der Waals surface area contributed by atoms with E-state index in [1.807, 2.05) is 36.0 Å². The Morgan fingerprint density at radius 1 is 1.30 bits per heavy atom. The molecule has 20 heavy (non-hydrogen) atoms. The number of carbonyl (C=O) groups excluding carboxylic acids is 1. The molecule has 1 amide bonds. The van der Waals surface area contributed by atoms with Crippen LogP contribution >= 0.6 is 11.8 Å². The second-order valence-electron chi connectivity index (χ2n) is 4.70. The van der Waals surface area contributed by atoms with Crippen molar-refractivity contribution in [1.82, 2.24) is 5.32 Å². The molecule has 1 rings (SSSR count). The van der Waals surface area contributed by atoms with Gasteiger partial charge in [-0.05, 0) is 48.6 Å². The van der Waals surface area contributed by atoms with Gasteiger partial charge in [-0.3, -0.25) is 4.79 Å². The van der Waals surface area contributed by atoms with Gasteiger partial charge in [0.2, 0.25) is 5.91 Å². The number of unbranched alkanes of at least 4 members (excludes halogenated alkanes) is 3. The van der Waals surface area contributed by atoms with E-state index in [0.717, 1.165) is 18.5 Å². The molecular weight excluding hydrogens is 268 g/mol. The molecule has 0 aliphatic carbocycles. The Morgan fingerprint density at radius 2 is 2.10 bits per heavy atom. The summed E-state index contributed by atoms with van der Waals surface area (Å²) in [5.41, 5.74) is 7.33. The fourth-order valence-electron chi connectivity index (χ4n) is 1.83. The second-order valence-corrected chi connectivity index (χ2v) is 5.69. The average Bonchev–Trinajstić information content (AvgIpc) is 2.44. The lowest BCUT2D eigenvalue weighted by molar-refractivity contribution is -0.116. The lowest BCUT2D eigenvalue weighted by Gasteiger charge is -2.02. The van der Waals surface area contributed by atoms with Crippen molar-refractivity contribution in [3.63, 3.8) is 0 Å².